The summed E-state index contributed by atoms with van der Waals surface area (Å²) >= 11 is 0. The molecule has 1 atom stereocenters. The van der Waals surface area contributed by atoms with Crippen LogP contribution in [0.25, 0.3) is 0 Å². The normalized spacial score (nSPS) is 15.4. The van der Waals surface area contributed by atoms with Crippen molar-refractivity contribution in [3.8, 4) is 11.5 Å². The molecule has 1 heterocycles. The van der Waals surface area contributed by atoms with Gasteiger partial charge in [-0.05, 0) is 42.7 Å². The highest BCUT2D eigenvalue weighted by molar-refractivity contribution is 6.47. The molecule has 0 fully saturated rings. The van der Waals surface area contributed by atoms with Gasteiger partial charge in [0.25, 0.3) is 0 Å². The quantitative estimate of drug-likeness (QED) is 0.586. The number of carbonyl (C=O) groups excluding carboxylic acids is 2. The highest BCUT2D eigenvalue weighted by Crippen LogP contribution is 2.36. The summed E-state index contributed by atoms with van der Waals surface area (Å²) in [5.74, 6) is 0.185. The first-order chi connectivity index (χ1) is 13.5. The van der Waals surface area contributed by atoms with E-state index in [2.05, 4.69) is 0 Å². The van der Waals surface area contributed by atoms with Crippen molar-refractivity contribution in [3.05, 3.63) is 59.2 Å². The topological polar surface area (TPSA) is 82.1 Å². The largest absolute Gasteiger partial charge is 0.535 e. The molecule has 146 valence electrons. The van der Waals surface area contributed by atoms with Crippen molar-refractivity contribution < 1.29 is 28.7 Å². The molecular weight excluding hydrogens is 359 g/mol. The lowest BCUT2D eigenvalue weighted by atomic mass is 9.64. The molecule has 1 aliphatic rings. The van der Waals surface area contributed by atoms with Crippen LogP contribution in [-0.4, -0.2) is 37.6 Å². The van der Waals surface area contributed by atoms with E-state index in [0.29, 0.717) is 23.5 Å². The minimum Gasteiger partial charge on any atom is -0.535 e. The van der Waals surface area contributed by atoms with Crippen molar-refractivity contribution in [1.82, 2.24) is 0 Å². The van der Waals surface area contributed by atoms with E-state index in [-0.39, 0.29) is 31.0 Å². The van der Waals surface area contributed by atoms with Gasteiger partial charge >= 0.3 is 13.1 Å². The molecule has 28 heavy (non-hydrogen) atoms. The third kappa shape index (κ3) is 4.54. The highest BCUT2D eigenvalue weighted by atomic mass is 16.5. The summed E-state index contributed by atoms with van der Waals surface area (Å²) in [5, 5.41) is 10.4. The number of ketones is 1. The Bertz CT molecular complexity index is 866. The molecule has 0 saturated carbocycles. The number of ether oxygens (including phenoxy) is 2. The predicted molar refractivity (Wildman–Crippen MR) is 105 cm³/mol. The van der Waals surface area contributed by atoms with E-state index in [1.165, 1.54) is 0 Å². The SMILES string of the molecule is CCOC(=O)c1cccc2c1OB(O)[C@@H](CC(=O)Cc1cccc(OC)c1)C2. The summed E-state index contributed by atoms with van der Waals surface area (Å²) in [4.78, 5) is 24.6. The van der Waals surface area contributed by atoms with Crippen molar-refractivity contribution >= 4 is 18.9 Å². The van der Waals surface area contributed by atoms with Gasteiger partial charge in [0.1, 0.15) is 22.8 Å². The van der Waals surface area contributed by atoms with E-state index in [4.69, 9.17) is 14.1 Å². The molecule has 7 heteroatoms. The molecule has 6 nitrogen and oxygen atoms in total. The van der Waals surface area contributed by atoms with Crippen LogP contribution in [0.3, 0.4) is 0 Å². The Morgan fingerprint density at radius 3 is 2.79 bits per heavy atom. The van der Waals surface area contributed by atoms with Crippen molar-refractivity contribution in [2.24, 2.45) is 0 Å². The second kappa shape index (κ2) is 8.93. The van der Waals surface area contributed by atoms with Crippen molar-refractivity contribution in [1.29, 1.82) is 0 Å². The molecule has 0 aromatic heterocycles. The zero-order valence-electron chi connectivity index (χ0n) is 16.0. The number of benzene rings is 2. The molecule has 0 radical (unpaired) electrons. The average Bonchev–Trinajstić information content (AvgIpc) is 2.68. The van der Waals surface area contributed by atoms with Gasteiger partial charge < -0.3 is 19.2 Å². The Morgan fingerprint density at radius 1 is 1.25 bits per heavy atom. The molecule has 0 spiro atoms. The molecule has 2 aromatic rings. The number of rotatable bonds is 7. The van der Waals surface area contributed by atoms with E-state index in [0.717, 1.165) is 11.1 Å². The fourth-order valence-corrected chi connectivity index (χ4v) is 3.40. The number of methoxy groups -OCH3 is 1. The van der Waals surface area contributed by atoms with E-state index < -0.39 is 13.1 Å². The van der Waals surface area contributed by atoms with E-state index in [9.17, 15) is 14.6 Å². The van der Waals surface area contributed by atoms with Crippen molar-refractivity contribution in [3.63, 3.8) is 0 Å². The minimum atomic E-state index is -1.16. The molecule has 0 aliphatic carbocycles. The summed E-state index contributed by atoms with van der Waals surface area (Å²) in [5.41, 5.74) is 1.94. The van der Waals surface area contributed by atoms with Crippen LogP contribution in [0.1, 0.15) is 34.8 Å². The molecule has 2 aromatic carbocycles. The fourth-order valence-electron chi connectivity index (χ4n) is 3.40. The molecule has 0 amide bonds. The Morgan fingerprint density at radius 2 is 2.04 bits per heavy atom. The number of Topliss-reactive ketones (excluding diaryl/α,β-unsaturated/α-hetero) is 1. The summed E-state index contributed by atoms with van der Waals surface area (Å²) in [6.45, 7) is 1.99. The predicted octanol–water partition coefficient (Wildman–Crippen LogP) is 2.86. The summed E-state index contributed by atoms with van der Waals surface area (Å²) in [7, 11) is 0.427. The Kier molecular flexibility index (Phi) is 6.36. The molecule has 1 N–H and O–H groups in total. The molecule has 0 unspecified atom stereocenters. The van der Waals surface area contributed by atoms with Gasteiger partial charge in [-0.1, -0.05) is 24.3 Å². The zero-order valence-corrected chi connectivity index (χ0v) is 16.0. The van der Waals surface area contributed by atoms with Crippen LogP contribution in [0.5, 0.6) is 11.5 Å². The Balaban J connectivity index is 1.69. The first kappa shape index (κ1) is 20.0. The standard InChI is InChI=1S/C21H23BO6/c1-3-27-21(24)19-9-5-7-15-12-16(22(25)28-20(15)19)13-17(23)10-14-6-4-8-18(11-14)26-2/h4-9,11,16,25H,3,10,12-13H2,1-2H3/t16-/m1/s1. The first-order valence-electron chi connectivity index (χ1n) is 9.30. The first-order valence-corrected chi connectivity index (χ1v) is 9.30. The van der Waals surface area contributed by atoms with E-state index in [1.807, 2.05) is 30.3 Å². The maximum Gasteiger partial charge on any atom is 0.526 e. The number of hydrogen-bond donors (Lipinski definition) is 1. The minimum absolute atomic E-state index is 0.00546. The van der Waals surface area contributed by atoms with Gasteiger partial charge in [0.15, 0.2) is 0 Å². The van der Waals surface area contributed by atoms with Crippen LogP contribution in [-0.2, 0) is 22.4 Å². The van der Waals surface area contributed by atoms with Crippen LogP contribution < -0.4 is 9.39 Å². The van der Waals surface area contributed by atoms with Crippen molar-refractivity contribution in [2.45, 2.75) is 32.0 Å². The maximum atomic E-state index is 12.5. The number of para-hydroxylation sites is 1. The maximum absolute atomic E-state index is 12.5. The smallest absolute Gasteiger partial charge is 0.526 e. The van der Waals surface area contributed by atoms with Gasteiger partial charge in [-0.3, -0.25) is 4.79 Å². The van der Waals surface area contributed by atoms with E-state index >= 15 is 0 Å². The van der Waals surface area contributed by atoms with Crippen LogP contribution in [0.15, 0.2) is 42.5 Å². The lowest BCUT2D eigenvalue weighted by Crippen LogP contribution is -2.36. The second-order valence-corrected chi connectivity index (χ2v) is 6.76. The second-order valence-electron chi connectivity index (χ2n) is 6.76. The van der Waals surface area contributed by atoms with Crippen LogP contribution in [0.4, 0.5) is 0 Å². The summed E-state index contributed by atoms with van der Waals surface area (Å²) in [6, 6.07) is 12.6. The molecule has 3 rings (SSSR count). The van der Waals surface area contributed by atoms with Gasteiger partial charge in [-0.15, -0.1) is 0 Å². The van der Waals surface area contributed by atoms with Gasteiger partial charge in [-0.2, -0.15) is 0 Å². The van der Waals surface area contributed by atoms with Crippen LogP contribution in [0, 0.1) is 0 Å². The number of esters is 1. The van der Waals surface area contributed by atoms with E-state index in [1.54, 1.807) is 26.2 Å². The van der Waals surface area contributed by atoms with Crippen LogP contribution >= 0.6 is 0 Å². The van der Waals surface area contributed by atoms with Crippen molar-refractivity contribution in [2.75, 3.05) is 13.7 Å². The molecular formula is C21H23BO6. The molecule has 0 saturated heterocycles. The number of fused-ring (bicyclic) bond motifs is 1. The van der Waals surface area contributed by atoms with Gasteiger partial charge in [0.05, 0.1) is 13.7 Å². The third-order valence-electron chi connectivity index (χ3n) is 4.74. The highest BCUT2D eigenvalue weighted by Gasteiger charge is 2.37. The monoisotopic (exact) mass is 382 g/mol. The van der Waals surface area contributed by atoms with Gasteiger partial charge in [-0.25, -0.2) is 4.79 Å². The lowest BCUT2D eigenvalue weighted by molar-refractivity contribution is -0.118. The Hall–Kier alpha value is -2.80. The zero-order chi connectivity index (χ0) is 20.1. The number of hydrogen-bond acceptors (Lipinski definition) is 6. The Labute approximate surface area is 164 Å². The molecule has 0 bridgehead atoms. The van der Waals surface area contributed by atoms with Gasteiger partial charge in [0.2, 0.25) is 0 Å². The molecule has 1 aliphatic heterocycles. The fraction of sp³-hybridized carbons (Fsp3) is 0.333. The summed E-state index contributed by atoms with van der Waals surface area (Å²) < 4.78 is 15.8. The summed E-state index contributed by atoms with van der Waals surface area (Å²) in [6.07, 6.45) is 0.894. The lowest BCUT2D eigenvalue weighted by Gasteiger charge is -2.28. The number of carbonyl (C=O) groups is 2. The average molecular weight is 382 g/mol. The third-order valence-corrected chi connectivity index (χ3v) is 4.74. The van der Waals surface area contributed by atoms with Gasteiger partial charge in [0, 0.05) is 18.7 Å². The van der Waals surface area contributed by atoms with Crippen LogP contribution in [0.2, 0.25) is 5.82 Å².